The van der Waals surface area contributed by atoms with E-state index in [1.807, 2.05) is 17.0 Å². The van der Waals surface area contributed by atoms with Crippen molar-refractivity contribution in [1.82, 2.24) is 9.88 Å². The van der Waals surface area contributed by atoms with E-state index in [2.05, 4.69) is 54.5 Å². The van der Waals surface area contributed by atoms with E-state index in [1.54, 1.807) is 6.20 Å². The Morgan fingerprint density at radius 3 is 2.62 bits per heavy atom. The van der Waals surface area contributed by atoms with Gasteiger partial charge in [0.15, 0.2) is 0 Å². The Morgan fingerprint density at radius 1 is 1.05 bits per heavy atom. The highest BCUT2D eigenvalue weighted by atomic mass is 16.2. The molecule has 2 amide bonds. The topological polar surface area (TPSA) is 74.7 Å². The van der Waals surface area contributed by atoms with Crippen molar-refractivity contribution in [2.24, 2.45) is 10.9 Å². The van der Waals surface area contributed by atoms with E-state index in [1.165, 1.54) is 24.0 Å². The van der Waals surface area contributed by atoms with Gasteiger partial charge in [-0.3, -0.25) is 14.6 Å². The summed E-state index contributed by atoms with van der Waals surface area (Å²) in [5, 5.41) is 2.98. The van der Waals surface area contributed by atoms with Crippen LogP contribution >= 0.6 is 0 Å². The first kappa shape index (κ1) is 24.1. The number of rotatable bonds is 5. The second-order valence-electron chi connectivity index (χ2n) is 11.7. The van der Waals surface area contributed by atoms with Crippen LogP contribution in [0.1, 0.15) is 81.0 Å². The van der Waals surface area contributed by atoms with E-state index in [-0.39, 0.29) is 17.5 Å². The molecule has 37 heavy (non-hydrogen) atoms. The van der Waals surface area contributed by atoms with E-state index >= 15 is 0 Å². The normalized spacial score (nSPS) is 24.2. The second kappa shape index (κ2) is 9.23. The quantitative estimate of drug-likeness (QED) is 0.597. The van der Waals surface area contributed by atoms with Gasteiger partial charge in [-0.05, 0) is 73.6 Å². The molecule has 6 heteroatoms. The van der Waals surface area contributed by atoms with Gasteiger partial charge in [-0.1, -0.05) is 63.1 Å². The van der Waals surface area contributed by atoms with Crippen LogP contribution in [0.3, 0.4) is 0 Å². The third kappa shape index (κ3) is 4.11. The zero-order valence-corrected chi connectivity index (χ0v) is 21.9. The van der Waals surface area contributed by atoms with Crippen LogP contribution in [-0.2, 0) is 27.8 Å². The lowest BCUT2D eigenvalue weighted by molar-refractivity contribution is -0.127. The van der Waals surface area contributed by atoms with Crippen LogP contribution in [0.2, 0.25) is 0 Å². The molecule has 2 spiro atoms. The SMILES string of the molecule is CC(C)CC1=NC2(CCCCCC2)N(C/C=C/c2ccc3c(c2)C[C@@]2(C3)C(=O)Nc3ncccc32)C1=O. The Labute approximate surface area is 219 Å². The number of hydrogen-bond donors (Lipinski definition) is 1. The van der Waals surface area contributed by atoms with Crippen molar-refractivity contribution in [3.8, 4) is 0 Å². The predicted molar refractivity (Wildman–Crippen MR) is 146 cm³/mol. The smallest absolute Gasteiger partial charge is 0.270 e. The third-order valence-corrected chi connectivity index (χ3v) is 8.65. The lowest BCUT2D eigenvalue weighted by Gasteiger charge is -2.35. The molecule has 0 bridgehead atoms. The fourth-order valence-electron chi connectivity index (χ4n) is 6.84. The molecule has 1 aromatic heterocycles. The number of amides is 2. The van der Waals surface area contributed by atoms with E-state index in [4.69, 9.17) is 4.99 Å². The molecule has 2 aliphatic heterocycles. The van der Waals surface area contributed by atoms with Gasteiger partial charge in [-0.15, -0.1) is 0 Å². The molecule has 0 saturated heterocycles. The molecule has 0 radical (unpaired) electrons. The average Bonchev–Trinajstić information content (AvgIpc) is 3.38. The summed E-state index contributed by atoms with van der Waals surface area (Å²) in [4.78, 5) is 37.9. The molecule has 6 nitrogen and oxygen atoms in total. The molecule has 1 fully saturated rings. The van der Waals surface area contributed by atoms with Crippen molar-refractivity contribution in [2.45, 2.75) is 82.7 Å². The molecule has 3 heterocycles. The van der Waals surface area contributed by atoms with Crippen molar-refractivity contribution in [1.29, 1.82) is 0 Å². The third-order valence-electron chi connectivity index (χ3n) is 8.65. The van der Waals surface area contributed by atoms with Crippen LogP contribution in [0, 0.1) is 5.92 Å². The van der Waals surface area contributed by atoms with Crippen molar-refractivity contribution in [3.63, 3.8) is 0 Å². The summed E-state index contributed by atoms with van der Waals surface area (Å²) in [5.41, 5.74) is 4.41. The summed E-state index contributed by atoms with van der Waals surface area (Å²) < 4.78 is 0. The van der Waals surface area contributed by atoms with Gasteiger partial charge in [0.2, 0.25) is 5.91 Å². The van der Waals surface area contributed by atoms with E-state index in [0.29, 0.717) is 31.1 Å². The van der Waals surface area contributed by atoms with Gasteiger partial charge in [0.05, 0.1) is 5.41 Å². The molecule has 6 rings (SSSR count). The number of nitrogens with zero attached hydrogens (tertiary/aromatic N) is 3. The van der Waals surface area contributed by atoms with Crippen molar-refractivity contribution in [3.05, 3.63) is 64.9 Å². The highest BCUT2D eigenvalue weighted by Crippen LogP contribution is 2.46. The number of aliphatic imine (C=N–C) groups is 1. The van der Waals surface area contributed by atoms with Gasteiger partial charge >= 0.3 is 0 Å². The number of benzene rings is 1. The second-order valence-corrected chi connectivity index (χ2v) is 11.7. The lowest BCUT2D eigenvalue weighted by Crippen LogP contribution is -2.46. The van der Waals surface area contributed by atoms with E-state index in [9.17, 15) is 9.59 Å². The number of carbonyl (C=O) groups is 2. The monoisotopic (exact) mass is 496 g/mol. The van der Waals surface area contributed by atoms with Crippen molar-refractivity contribution in [2.75, 3.05) is 11.9 Å². The maximum absolute atomic E-state index is 13.4. The van der Waals surface area contributed by atoms with Crippen LogP contribution in [0.25, 0.3) is 6.08 Å². The number of pyridine rings is 1. The summed E-state index contributed by atoms with van der Waals surface area (Å²) in [6.45, 7) is 4.88. The minimum Gasteiger partial charge on any atom is -0.310 e. The molecule has 1 N–H and O–H groups in total. The van der Waals surface area contributed by atoms with Gasteiger partial charge < -0.3 is 10.2 Å². The molecule has 2 aliphatic carbocycles. The zero-order chi connectivity index (χ0) is 25.6. The molecule has 1 aromatic carbocycles. The fourth-order valence-corrected chi connectivity index (χ4v) is 6.84. The Balaban J connectivity index is 1.21. The molecule has 192 valence electrons. The number of hydrogen-bond acceptors (Lipinski definition) is 4. The molecule has 1 saturated carbocycles. The molecule has 1 atom stereocenters. The van der Waals surface area contributed by atoms with Crippen LogP contribution in [0.15, 0.2) is 47.6 Å². The van der Waals surface area contributed by atoms with Gasteiger partial charge in [0.1, 0.15) is 17.2 Å². The first-order valence-corrected chi connectivity index (χ1v) is 13.9. The highest BCUT2D eigenvalue weighted by Gasteiger charge is 2.51. The van der Waals surface area contributed by atoms with Crippen LogP contribution in [-0.4, -0.2) is 39.6 Å². The first-order valence-electron chi connectivity index (χ1n) is 13.9. The standard InChI is InChI=1S/C31H36N4O2/c1-21(2)17-26-28(36)35(31(34-26)13-5-3-4-6-14-31)16-8-9-22-11-12-23-19-30(20-24(23)18-22)25-10-7-15-32-27(25)33-29(30)37/h7-12,15,18,21H,3-6,13-14,16-17,19-20H2,1-2H3,(H,32,33,37)/b9-8+/t30-/m1/s1. The van der Waals surface area contributed by atoms with Gasteiger partial charge in [0, 0.05) is 18.3 Å². The summed E-state index contributed by atoms with van der Waals surface area (Å²) in [7, 11) is 0. The van der Waals surface area contributed by atoms with E-state index < -0.39 is 5.41 Å². The number of aromatic nitrogens is 1. The van der Waals surface area contributed by atoms with Crippen molar-refractivity contribution >= 4 is 29.4 Å². The van der Waals surface area contributed by atoms with Crippen LogP contribution in [0.5, 0.6) is 0 Å². The van der Waals surface area contributed by atoms with Crippen molar-refractivity contribution < 1.29 is 9.59 Å². The first-order chi connectivity index (χ1) is 17.9. The minimum absolute atomic E-state index is 0.0490. The van der Waals surface area contributed by atoms with Crippen LogP contribution in [0.4, 0.5) is 5.82 Å². The Hall–Kier alpha value is -3.28. The Kier molecular flexibility index (Phi) is 6.01. The maximum atomic E-state index is 13.4. The summed E-state index contributed by atoms with van der Waals surface area (Å²) in [6.07, 6.45) is 14.8. The molecular weight excluding hydrogens is 460 g/mol. The average molecular weight is 497 g/mol. The molecule has 2 aromatic rings. The Morgan fingerprint density at radius 2 is 1.84 bits per heavy atom. The number of nitrogens with one attached hydrogen (secondary N) is 1. The summed E-state index contributed by atoms with van der Waals surface area (Å²) in [5.74, 6) is 1.28. The molecule has 4 aliphatic rings. The summed E-state index contributed by atoms with van der Waals surface area (Å²) >= 11 is 0. The number of anilines is 1. The molecular formula is C31H36N4O2. The van der Waals surface area contributed by atoms with Crippen LogP contribution < -0.4 is 5.32 Å². The van der Waals surface area contributed by atoms with E-state index in [0.717, 1.165) is 48.9 Å². The van der Waals surface area contributed by atoms with Gasteiger partial charge in [0.25, 0.3) is 5.91 Å². The predicted octanol–water partition coefficient (Wildman–Crippen LogP) is 5.46. The number of carbonyl (C=O) groups excluding carboxylic acids is 2. The highest BCUT2D eigenvalue weighted by molar-refractivity contribution is 6.40. The Bertz CT molecular complexity index is 1300. The zero-order valence-electron chi connectivity index (χ0n) is 21.9. The lowest BCUT2D eigenvalue weighted by atomic mass is 9.79. The fraction of sp³-hybridized carbons (Fsp3) is 0.484. The maximum Gasteiger partial charge on any atom is 0.270 e. The number of fused-ring (bicyclic) bond motifs is 3. The van der Waals surface area contributed by atoms with Gasteiger partial charge in [-0.2, -0.15) is 0 Å². The summed E-state index contributed by atoms with van der Waals surface area (Å²) in [6, 6.07) is 10.4. The van der Waals surface area contributed by atoms with Gasteiger partial charge in [-0.25, -0.2) is 4.98 Å². The minimum atomic E-state index is -0.549. The largest absolute Gasteiger partial charge is 0.310 e. The molecule has 0 unspecified atom stereocenters.